The van der Waals surface area contributed by atoms with Crippen LogP contribution >= 0.6 is 22.9 Å². The number of para-hydroxylation sites is 1. The van der Waals surface area contributed by atoms with E-state index in [4.69, 9.17) is 16.3 Å². The van der Waals surface area contributed by atoms with Gasteiger partial charge in [0.2, 0.25) is 0 Å². The van der Waals surface area contributed by atoms with Gasteiger partial charge in [0.25, 0.3) is 5.56 Å². The Morgan fingerprint density at radius 3 is 2.70 bits per heavy atom. The second-order valence-corrected chi connectivity index (χ2v) is 9.46. The van der Waals surface area contributed by atoms with E-state index in [1.165, 1.54) is 29.8 Å². The largest absolute Gasteiger partial charge is 0.486 e. The quantitative estimate of drug-likeness (QED) is 0.244. The molecule has 5 rings (SSSR count). The number of benzene rings is 1. The molecule has 5 aromatic rings. The number of thiazole rings is 1. The van der Waals surface area contributed by atoms with Gasteiger partial charge in [-0.3, -0.25) is 9.78 Å². The predicted octanol–water partition coefficient (Wildman–Crippen LogP) is 6.52. The molecule has 188 valence electrons. The molecular weight excluding hydrogens is 525 g/mol. The summed E-state index contributed by atoms with van der Waals surface area (Å²) in [6, 6.07) is 11.0. The standard InChI is InChI=1S/C26H18ClF3N4O2S/c1-15-12-17(24-32-9-11-37-24)16-4-2-6-22(23(16)33-15)36-14-18-20(27)7-8-31-21(18)13-34-10-3-5-19(25(34)35)26(28,29)30/h2-12H,13-14H2,1H3. The molecule has 0 aliphatic carbocycles. The molecular formula is C26H18ClF3N4O2S. The topological polar surface area (TPSA) is 69.9 Å². The van der Waals surface area contributed by atoms with E-state index >= 15 is 0 Å². The van der Waals surface area contributed by atoms with Crippen molar-refractivity contribution in [1.82, 2.24) is 19.5 Å². The Morgan fingerprint density at radius 1 is 1.11 bits per heavy atom. The van der Waals surface area contributed by atoms with Crippen LogP contribution in [0.4, 0.5) is 13.2 Å². The molecule has 0 saturated carbocycles. The monoisotopic (exact) mass is 542 g/mol. The molecule has 0 aliphatic heterocycles. The molecule has 37 heavy (non-hydrogen) atoms. The summed E-state index contributed by atoms with van der Waals surface area (Å²) < 4.78 is 46.7. The van der Waals surface area contributed by atoms with Crippen LogP contribution in [0.5, 0.6) is 5.75 Å². The first-order valence-electron chi connectivity index (χ1n) is 11.0. The Bertz CT molecular complexity index is 1650. The Hall–Kier alpha value is -3.76. The van der Waals surface area contributed by atoms with Gasteiger partial charge in [0.1, 0.15) is 28.4 Å². The summed E-state index contributed by atoms with van der Waals surface area (Å²) in [6.45, 7) is 1.65. The lowest BCUT2D eigenvalue weighted by Crippen LogP contribution is -2.28. The van der Waals surface area contributed by atoms with Gasteiger partial charge in [-0.2, -0.15) is 13.2 Å². The van der Waals surface area contributed by atoms with Crippen molar-refractivity contribution >= 4 is 33.8 Å². The first kappa shape index (κ1) is 24.9. The normalized spacial score (nSPS) is 11.7. The van der Waals surface area contributed by atoms with Gasteiger partial charge >= 0.3 is 6.18 Å². The number of nitrogens with zero attached hydrogens (tertiary/aromatic N) is 4. The Kier molecular flexibility index (Phi) is 6.70. The summed E-state index contributed by atoms with van der Waals surface area (Å²) in [5, 5.41) is 3.94. The molecule has 4 aromatic heterocycles. The lowest BCUT2D eigenvalue weighted by Gasteiger charge is -2.15. The number of hydrogen-bond acceptors (Lipinski definition) is 6. The first-order chi connectivity index (χ1) is 17.7. The van der Waals surface area contributed by atoms with Crippen LogP contribution < -0.4 is 10.3 Å². The lowest BCUT2D eigenvalue weighted by molar-refractivity contribution is -0.138. The number of halogens is 4. The summed E-state index contributed by atoms with van der Waals surface area (Å²) in [5.74, 6) is 0.501. The smallest absolute Gasteiger partial charge is 0.421 e. The number of aryl methyl sites for hydroxylation is 1. The highest BCUT2D eigenvalue weighted by molar-refractivity contribution is 7.13. The van der Waals surface area contributed by atoms with E-state index in [1.807, 2.05) is 30.5 Å². The van der Waals surface area contributed by atoms with E-state index in [9.17, 15) is 18.0 Å². The maximum atomic E-state index is 13.2. The zero-order chi connectivity index (χ0) is 26.2. The second kappa shape index (κ2) is 9.95. The van der Waals surface area contributed by atoms with Gasteiger partial charge in [0, 0.05) is 46.2 Å². The van der Waals surface area contributed by atoms with Crippen LogP contribution in [0, 0.1) is 6.92 Å². The number of hydrogen-bond donors (Lipinski definition) is 0. The van der Waals surface area contributed by atoms with E-state index < -0.39 is 17.3 Å². The van der Waals surface area contributed by atoms with Crippen LogP contribution in [-0.4, -0.2) is 19.5 Å². The van der Waals surface area contributed by atoms with E-state index in [-0.39, 0.29) is 13.2 Å². The number of rotatable bonds is 6. The Labute approximate surface area is 218 Å². The average Bonchev–Trinajstić information content (AvgIpc) is 3.39. The van der Waals surface area contributed by atoms with Crippen molar-refractivity contribution in [2.75, 3.05) is 0 Å². The molecule has 0 fully saturated rings. The minimum atomic E-state index is -4.76. The van der Waals surface area contributed by atoms with Gasteiger partial charge in [0.05, 0.1) is 17.3 Å². The van der Waals surface area contributed by atoms with Crippen molar-refractivity contribution in [3.05, 3.63) is 104 Å². The number of aromatic nitrogens is 4. The van der Waals surface area contributed by atoms with E-state index in [2.05, 4.69) is 15.0 Å². The van der Waals surface area contributed by atoms with Crippen LogP contribution in [0.25, 0.3) is 21.5 Å². The third kappa shape index (κ3) is 5.07. The van der Waals surface area contributed by atoms with Gasteiger partial charge in [-0.25, -0.2) is 9.97 Å². The molecule has 0 saturated heterocycles. The van der Waals surface area contributed by atoms with Crippen molar-refractivity contribution in [3.8, 4) is 16.3 Å². The minimum Gasteiger partial charge on any atom is -0.486 e. The zero-order valence-electron chi connectivity index (χ0n) is 19.3. The van der Waals surface area contributed by atoms with Crippen molar-refractivity contribution in [3.63, 3.8) is 0 Å². The molecule has 0 bridgehead atoms. The van der Waals surface area contributed by atoms with Crippen molar-refractivity contribution in [2.24, 2.45) is 0 Å². The van der Waals surface area contributed by atoms with Crippen molar-refractivity contribution < 1.29 is 17.9 Å². The highest BCUT2D eigenvalue weighted by Crippen LogP contribution is 2.35. The highest BCUT2D eigenvalue weighted by Gasteiger charge is 2.34. The van der Waals surface area contributed by atoms with Gasteiger partial charge in [0.15, 0.2) is 0 Å². The predicted molar refractivity (Wildman–Crippen MR) is 136 cm³/mol. The molecule has 0 N–H and O–H groups in total. The average molecular weight is 543 g/mol. The summed E-state index contributed by atoms with van der Waals surface area (Å²) in [5.41, 5.74) is 0.739. The molecule has 1 aromatic carbocycles. The number of pyridine rings is 3. The summed E-state index contributed by atoms with van der Waals surface area (Å²) in [7, 11) is 0. The van der Waals surface area contributed by atoms with Crippen LogP contribution in [0.2, 0.25) is 5.02 Å². The minimum absolute atomic E-state index is 0.0307. The Morgan fingerprint density at radius 2 is 1.95 bits per heavy atom. The highest BCUT2D eigenvalue weighted by atomic mass is 35.5. The fourth-order valence-electron chi connectivity index (χ4n) is 3.99. The SMILES string of the molecule is Cc1cc(-c2nccs2)c2cccc(OCc3c(Cl)ccnc3Cn3cccc(C(F)(F)F)c3=O)c2n1. The van der Waals surface area contributed by atoms with E-state index in [0.717, 1.165) is 32.3 Å². The molecule has 0 amide bonds. The molecule has 0 spiro atoms. The zero-order valence-corrected chi connectivity index (χ0v) is 20.9. The molecule has 0 aliphatic rings. The third-order valence-electron chi connectivity index (χ3n) is 5.70. The number of ether oxygens (including phenoxy) is 1. The van der Waals surface area contributed by atoms with Crippen molar-refractivity contribution in [2.45, 2.75) is 26.3 Å². The van der Waals surface area contributed by atoms with Gasteiger partial charge in [-0.1, -0.05) is 23.7 Å². The van der Waals surface area contributed by atoms with Gasteiger partial charge in [-0.15, -0.1) is 11.3 Å². The molecule has 4 heterocycles. The van der Waals surface area contributed by atoms with Gasteiger partial charge < -0.3 is 9.30 Å². The summed E-state index contributed by atoms with van der Waals surface area (Å²) >= 11 is 7.95. The number of alkyl halides is 3. The third-order valence-corrected chi connectivity index (χ3v) is 6.86. The summed E-state index contributed by atoms with van der Waals surface area (Å²) in [4.78, 5) is 25.8. The molecule has 0 unspecified atom stereocenters. The Balaban J connectivity index is 1.49. The fraction of sp³-hybridized carbons (Fsp3) is 0.154. The molecule has 11 heteroatoms. The maximum absolute atomic E-state index is 13.2. The molecule has 0 atom stereocenters. The van der Waals surface area contributed by atoms with Crippen LogP contribution in [0.1, 0.15) is 22.5 Å². The second-order valence-electron chi connectivity index (χ2n) is 8.16. The summed E-state index contributed by atoms with van der Waals surface area (Å²) in [6.07, 6.45) is -0.306. The van der Waals surface area contributed by atoms with Crippen LogP contribution in [0.15, 0.2) is 71.2 Å². The van der Waals surface area contributed by atoms with Crippen LogP contribution in [0.3, 0.4) is 0 Å². The van der Waals surface area contributed by atoms with Gasteiger partial charge in [-0.05, 0) is 37.3 Å². The number of fused-ring (bicyclic) bond motifs is 1. The first-order valence-corrected chi connectivity index (χ1v) is 12.3. The molecule has 6 nitrogen and oxygen atoms in total. The van der Waals surface area contributed by atoms with Crippen molar-refractivity contribution in [1.29, 1.82) is 0 Å². The van der Waals surface area contributed by atoms with Crippen LogP contribution in [-0.2, 0) is 19.3 Å². The fourth-order valence-corrected chi connectivity index (χ4v) is 4.87. The van der Waals surface area contributed by atoms with E-state index in [0.29, 0.717) is 27.5 Å². The maximum Gasteiger partial charge on any atom is 0.421 e. The lowest BCUT2D eigenvalue weighted by atomic mass is 10.1. The molecule has 0 radical (unpaired) electrons. The van der Waals surface area contributed by atoms with E-state index in [1.54, 1.807) is 18.3 Å².